The average Bonchev–Trinajstić information content (AvgIpc) is 3.05. The molecule has 0 aromatic carbocycles. The van der Waals surface area contributed by atoms with Crippen LogP contribution < -0.4 is 5.73 Å². The van der Waals surface area contributed by atoms with E-state index in [1.165, 1.54) is 38.6 Å². The van der Waals surface area contributed by atoms with Crippen LogP contribution in [-0.2, 0) is 13.1 Å². The van der Waals surface area contributed by atoms with Gasteiger partial charge in [0.15, 0.2) is 0 Å². The molecule has 19 heavy (non-hydrogen) atoms. The predicted octanol–water partition coefficient (Wildman–Crippen LogP) is 3.53. The van der Waals surface area contributed by atoms with Crippen LogP contribution in [0.15, 0.2) is 16.5 Å². The summed E-state index contributed by atoms with van der Waals surface area (Å²) < 4.78 is 5.76. The van der Waals surface area contributed by atoms with Gasteiger partial charge in [0.05, 0.1) is 13.1 Å². The molecule has 0 spiro atoms. The van der Waals surface area contributed by atoms with Gasteiger partial charge in [-0.05, 0) is 43.9 Å². The number of rotatable bonds is 7. The molecule has 3 nitrogen and oxygen atoms in total. The van der Waals surface area contributed by atoms with Gasteiger partial charge in [-0.1, -0.05) is 26.7 Å². The maximum absolute atomic E-state index is 5.76. The van der Waals surface area contributed by atoms with Crippen LogP contribution in [0.4, 0.5) is 0 Å². The van der Waals surface area contributed by atoms with E-state index in [9.17, 15) is 0 Å². The minimum absolute atomic E-state index is 0.495. The van der Waals surface area contributed by atoms with Crippen molar-refractivity contribution in [3.8, 4) is 0 Å². The molecule has 108 valence electrons. The molecule has 1 saturated carbocycles. The van der Waals surface area contributed by atoms with E-state index in [4.69, 9.17) is 10.2 Å². The van der Waals surface area contributed by atoms with Crippen LogP contribution in [0.2, 0.25) is 0 Å². The SMILES string of the molecule is CC(C)CCN(Cc1ccc(CN)o1)C1CCCC1. The van der Waals surface area contributed by atoms with E-state index in [-0.39, 0.29) is 0 Å². The Labute approximate surface area is 117 Å². The van der Waals surface area contributed by atoms with Crippen molar-refractivity contribution in [3.05, 3.63) is 23.7 Å². The van der Waals surface area contributed by atoms with Gasteiger partial charge in [0, 0.05) is 6.04 Å². The Kier molecular flexibility index (Phi) is 5.46. The van der Waals surface area contributed by atoms with Crippen LogP contribution in [0.1, 0.15) is 57.5 Å². The van der Waals surface area contributed by atoms with Crippen LogP contribution in [0.25, 0.3) is 0 Å². The lowest BCUT2D eigenvalue weighted by atomic mass is 10.1. The predicted molar refractivity (Wildman–Crippen MR) is 78.7 cm³/mol. The summed E-state index contributed by atoms with van der Waals surface area (Å²) >= 11 is 0. The van der Waals surface area contributed by atoms with E-state index in [2.05, 4.69) is 24.8 Å². The van der Waals surface area contributed by atoms with Crippen LogP contribution in [0.5, 0.6) is 0 Å². The Morgan fingerprint density at radius 3 is 2.53 bits per heavy atom. The van der Waals surface area contributed by atoms with Gasteiger partial charge in [-0.25, -0.2) is 0 Å². The third-order valence-electron chi connectivity index (χ3n) is 4.11. The smallest absolute Gasteiger partial charge is 0.118 e. The molecule has 2 rings (SSSR count). The largest absolute Gasteiger partial charge is 0.463 e. The Balaban J connectivity index is 1.95. The summed E-state index contributed by atoms with van der Waals surface area (Å²) in [6.07, 6.45) is 6.73. The second-order valence-corrected chi connectivity index (χ2v) is 6.16. The molecule has 1 fully saturated rings. The van der Waals surface area contributed by atoms with Crippen molar-refractivity contribution in [1.82, 2.24) is 4.90 Å². The minimum atomic E-state index is 0.495. The quantitative estimate of drug-likeness (QED) is 0.819. The number of nitrogens with two attached hydrogens (primary N) is 1. The molecule has 1 aliphatic carbocycles. The van der Waals surface area contributed by atoms with Crippen molar-refractivity contribution in [2.75, 3.05) is 6.54 Å². The van der Waals surface area contributed by atoms with Gasteiger partial charge in [0.2, 0.25) is 0 Å². The van der Waals surface area contributed by atoms with Crippen molar-refractivity contribution < 1.29 is 4.42 Å². The summed E-state index contributed by atoms with van der Waals surface area (Å²) in [6, 6.07) is 4.84. The van der Waals surface area contributed by atoms with Gasteiger partial charge >= 0.3 is 0 Å². The number of nitrogens with zero attached hydrogens (tertiary/aromatic N) is 1. The van der Waals surface area contributed by atoms with Crippen molar-refractivity contribution >= 4 is 0 Å². The van der Waals surface area contributed by atoms with E-state index in [0.29, 0.717) is 6.54 Å². The number of hydrogen-bond donors (Lipinski definition) is 1. The van der Waals surface area contributed by atoms with Gasteiger partial charge in [0.25, 0.3) is 0 Å². The fourth-order valence-corrected chi connectivity index (χ4v) is 2.90. The molecule has 0 radical (unpaired) electrons. The molecule has 0 amide bonds. The zero-order valence-electron chi connectivity index (χ0n) is 12.4. The molecule has 0 bridgehead atoms. The summed E-state index contributed by atoms with van der Waals surface area (Å²) in [5, 5.41) is 0. The highest BCUT2D eigenvalue weighted by atomic mass is 16.3. The third kappa shape index (κ3) is 4.36. The molecule has 0 atom stereocenters. The molecular formula is C16H28N2O. The second-order valence-electron chi connectivity index (χ2n) is 6.16. The Morgan fingerprint density at radius 1 is 1.26 bits per heavy atom. The normalized spacial score (nSPS) is 16.9. The highest BCUT2D eigenvalue weighted by Crippen LogP contribution is 2.26. The molecule has 1 heterocycles. The van der Waals surface area contributed by atoms with Crippen LogP contribution in [0.3, 0.4) is 0 Å². The maximum atomic E-state index is 5.76. The van der Waals surface area contributed by atoms with Gasteiger partial charge in [0.1, 0.15) is 11.5 Å². The zero-order chi connectivity index (χ0) is 13.7. The van der Waals surface area contributed by atoms with Gasteiger partial charge in [-0.3, -0.25) is 4.90 Å². The standard InChI is InChI=1S/C16H28N2O/c1-13(2)9-10-18(14-5-3-4-6-14)12-16-8-7-15(11-17)19-16/h7-8,13-14H,3-6,9-12,17H2,1-2H3. The van der Waals surface area contributed by atoms with Crippen LogP contribution >= 0.6 is 0 Å². The molecule has 2 N–H and O–H groups in total. The van der Waals surface area contributed by atoms with Crippen molar-refractivity contribution in [2.45, 2.75) is 65.1 Å². The summed E-state index contributed by atoms with van der Waals surface area (Å²) in [5.74, 6) is 2.72. The monoisotopic (exact) mass is 264 g/mol. The average molecular weight is 264 g/mol. The number of furan rings is 1. The highest BCUT2D eigenvalue weighted by Gasteiger charge is 2.23. The highest BCUT2D eigenvalue weighted by molar-refractivity contribution is 5.07. The van der Waals surface area contributed by atoms with E-state index < -0.39 is 0 Å². The fourth-order valence-electron chi connectivity index (χ4n) is 2.90. The lowest BCUT2D eigenvalue weighted by Crippen LogP contribution is -2.34. The van der Waals surface area contributed by atoms with E-state index >= 15 is 0 Å². The third-order valence-corrected chi connectivity index (χ3v) is 4.11. The topological polar surface area (TPSA) is 42.4 Å². The van der Waals surface area contributed by atoms with Crippen LogP contribution in [-0.4, -0.2) is 17.5 Å². The summed E-state index contributed by atoms with van der Waals surface area (Å²) in [5.41, 5.74) is 5.61. The lowest BCUT2D eigenvalue weighted by molar-refractivity contribution is 0.165. The van der Waals surface area contributed by atoms with Crippen molar-refractivity contribution in [3.63, 3.8) is 0 Å². The summed E-state index contributed by atoms with van der Waals surface area (Å²) in [4.78, 5) is 2.62. The first kappa shape index (κ1) is 14.6. The Morgan fingerprint density at radius 2 is 1.95 bits per heavy atom. The van der Waals surface area contributed by atoms with Gasteiger partial charge in [-0.2, -0.15) is 0 Å². The van der Waals surface area contributed by atoms with Gasteiger partial charge < -0.3 is 10.2 Å². The zero-order valence-corrected chi connectivity index (χ0v) is 12.4. The van der Waals surface area contributed by atoms with Crippen molar-refractivity contribution in [1.29, 1.82) is 0 Å². The molecule has 1 aromatic heterocycles. The summed E-state index contributed by atoms with van der Waals surface area (Å²) in [7, 11) is 0. The first-order valence-electron chi connectivity index (χ1n) is 7.70. The first-order valence-corrected chi connectivity index (χ1v) is 7.70. The van der Waals surface area contributed by atoms with E-state index in [1.54, 1.807) is 0 Å². The first-order chi connectivity index (χ1) is 9.19. The van der Waals surface area contributed by atoms with E-state index in [1.807, 2.05) is 6.07 Å². The Bertz CT molecular complexity index is 367. The van der Waals surface area contributed by atoms with Gasteiger partial charge in [-0.15, -0.1) is 0 Å². The molecule has 1 aliphatic rings. The lowest BCUT2D eigenvalue weighted by Gasteiger charge is -2.28. The molecule has 0 unspecified atom stereocenters. The fraction of sp³-hybridized carbons (Fsp3) is 0.750. The molecule has 3 heteroatoms. The van der Waals surface area contributed by atoms with Crippen LogP contribution in [0, 0.1) is 5.92 Å². The second kappa shape index (κ2) is 7.11. The van der Waals surface area contributed by atoms with Crippen molar-refractivity contribution in [2.24, 2.45) is 11.7 Å². The molecule has 0 aliphatic heterocycles. The minimum Gasteiger partial charge on any atom is -0.463 e. The van der Waals surface area contributed by atoms with E-state index in [0.717, 1.165) is 30.0 Å². The number of hydrogen-bond acceptors (Lipinski definition) is 3. The Hall–Kier alpha value is -0.800. The molecular weight excluding hydrogens is 236 g/mol. The summed E-state index contributed by atoms with van der Waals surface area (Å²) in [6.45, 7) is 7.21. The molecule has 1 aromatic rings. The molecule has 0 saturated heterocycles. The maximum Gasteiger partial charge on any atom is 0.118 e.